The van der Waals surface area contributed by atoms with Gasteiger partial charge in [-0.15, -0.1) is 0 Å². The minimum Gasteiger partial charge on any atom is -0.479 e. The first-order chi connectivity index (χ1) is 19.2. The van der Waals surface area contributed by atoms with Gasteiger partial charge in [-0.3, -0.25) is 4.79 Å². The molecule has 212 valence electrons. The predicted octanol–water partition coefficient (Wildman–Crippen LogP) is 4.68. The number of hydrogen-bond donors (Lipinski definition) is 2. The molecular weight excluding hydrogens is 504 g/mol. The Morgan fingerprint density at radius 3 is 1.95 bits per heavy atom. The number of aliphatic carboxylic acids is 1. The highest BCUT2D eigenvalue weighted by atomic mass is 16.5. The number of rotatable bonds is 11. The summed E-state index contributed by atoms with van der Waals surface area (Å²) in [7, 11) is 3.61. The van der Waals surface area contributed by atoms with Gasteiger partial charge in [-0.2, -0.15) is 0 Å². The lowest BCUT2D eigenvalue weighted by Crippen LogP contribution is -2.49. The molecule has 7 heteroatoms. The summed E-state index contributed by atoms with van der Waals surface area (Å²) in [5.74, 6) is -0.573. The van der Waals surface area contributed by atoms with Crippen LogP contribution < -0.4 is 4.74 Å². The SMILES string of the molecule is CCC(Oc1ccccc1C1(O)CCN(CCC(C(=O)N(C)C)(c2ccccc2)c2ccccc2)CC1)C(=O)O. The van der Waals surface area contributed by atoms with Crippen LogP contribution in [0.3, 0.4) is 0 Å². The number of ether oxygens (including phenoxy) is 1. The van der Waals surface area contributed by atoms with Gasteiger partial charge in [0.05, 0.1) is 5.60 Å². The van der Waals surface area contributed by atoms with Gasteiger partial charge < -0.3 is 24.7 Å². The van der Waals surface area contributed by atoms with Crippen molar-refractivity contribution in [1.82, 2.24) is 9.80 Å². The number of aliphatic hydroxyl groups is 1. The molecule has 0 spiro atoms. The summed E-state index contributed by atoms with van der Waals surface area (Å²) in [6.07, 6.45) is 0.896. The smallest absolute Gasteiger partial charge is 0.344 e. The zero-order valence-electron chi connectivity index (χ0n) is 23.6. The Labute approximate surface area is 237 Å². The van der Waals surface area contributed by atoms with Crippen LogP contribution in [0.25, 0.3) is 0 Å². The van der Waals surface area contributed by atoms with Gasteiger partial charge >= 0.3 is 5.97 Å². The minimum atomic E-state index is -1.13. The van der Waals surface area contributed by atoms with Gasteiger partial charge in [-0.05, 0) is 49.4 Å². The van der Waals surface area contributed by atoms with Crippen molar-refractivity contribution in [2.45, 2.75) is 49.7 Å². The first-order valence-corrected chi connectivity index (χ1v) is 14.0. The molecular formula is C33H40N2O5. The lowest BCUT2D eigenvalue weighted by atomic mass is 9.70. The van der Waals surface area contributed by atoms with Crippen molar-refractivity contribution in [3.63, 3.8) is 0 Å². The van der Waals surface area contributed by atoms with Gasteiger partial charge in [0.1, 0.15) is 11.2 Å². The third kappa shape index (κ3) is 6.06. The molecule has 0 bridgehead atoms. The van der Waals surface area contributed by atoms with Crippen LogP contribution >= 0.6 is 0 Å². The molecule has 0 aliphatic carbocycles. The Morgan fingerprint density at radius 1 is 0.925 bits per heavy atom. The molecule has 40 heavy (non-hydrogen) atoms. The molecule has 3 aromatic carbocycles. The molecule has 1 unspecified atom stereocenters. The number of para-hydroxylation sites is 1. The molecule has 1 heterocycles. The molecule has 2 N–H and O–H groups in total. The summed E-state index contributed by atoms with van der Waals surface area (Å²) >= 11 is 0. The molecule has 1 atom stereocenters. The number of carboxylic acids is 1. The van der Waals surface area contributed by atoms with E-state index in [2.05, 4.69) is 4.90 Å². The summed E-state index contributed by atoms with van der Waals surface area (Å²) in [5, 5.41) is 21.2. The Kier molecular flexibility index (Phi) is 9.28. The van der Waals surface area contributed by atoms with Gasteiger partial charge in [-0.25, -0.2) is 4.79 Å². The zero-order valence-corrected chi connectivity index (χ0v) is 23.6. The molecule has 0 aromatic heterocycles. The maximum atomic E-state index is 13.9. The lowest BCUT2D eigenvalue weighted by molar-refractivity contribution is -0.145. The number of hydrogen-bond acceptors (Lipinski definition) is 5. The fourth-order valence-corrected chi connectivity index (χ4v) is 5.79. The van der Waals surface area contributed by atoms with Crippen molar-refractivity contribution in [2.75, 3.05) is 33.7 Å². The van der Waals surface area contributed by atoms with Crippen LogP contribution in [-0.4, -0.2) is 71.7 Å². The Morgan fingerprint density at radius 2 is 1.45 bits per heavy atom. The molecule has 3 aromatic rings. The van der Waals surface area contributed by atoms with Crippen molar-refractivity contribution in [2.24, 2.45) is 0 Å². The maximum Gasteiger partial charge on any atom is 0.344 e. The highest BCUT2D eigenvalue weighted by Gasteiger charge is 2.44. The number of benzene rings is 3. The van der Waals surface area contributed by atoms with Gasteiger partial charge in [0.2, 0.25) is 5.91 Å². The number of likely N-dealkylation sites (tertiary alicyclic amines) is 1. The van der Waals surface area contributed by atoms with Crippen LogP contribution in [0.15, 0.2) is 84.9 Å². The molecule has 0 radical (unpaired) electrons. The highest BCUT2D eigenvalue weighted by molar-refractivity contribution is 5.92. The Balaban J connectivity index is 1.55. The minimum absolute atomic E-state index is 0.0356. The summed E-state index contributed by atoms with van der Waals surface area (Å²) in [4.78, 5) is 29.5. The normalized spacial score (nSPS) is 16.2. The van der Waals surface area contributed by atoms with E-state index in [4.69, 9.17) is 4.74 Å². The Bertz CT molecular complexity index is 1230. The standard InChI is InChI=1S/C33H40N2O5/c1-4-28(30(36)37)40-29-18-12-11-17-27(29)32(39)19-22-35(23-20-32)24-21-33(31(38)34(2)3,25-13-7-5-8-14-25)26-15-9-6-10-16-26/h5-18,28,39H,4,19-24H2,1-3H3,(H,36,37). The van der Waals surface area contributed by atoms with Crippen molar-refractivity contribution in [1.29, 1.82) is 0 Å². The summed E-state index contributed by atoms with van der Waals surface area (Å²) in [6, 6.07) is 27.1. The number of carbonyl (C=O) groups is 2. The predicted molar refractivity (Wildman–Crippen MR) is 155 cm³/mol. The molecule has 1 fully saturated rings. The lowest BCUT2D eigenvalue weighted by Gasteiger charge is -2.41. The number of likely N-dealkylation sites (N-methyl/N-ethyl adjacent to an activating group) is 1. The Hall–Kier alpha value is -3.68. The zero-order chi connectivity index (χ0) is 28.8. The molecule has 7 nitrogen and oxygen atoms in total. The first kappa shape index (κ1) is 29.3. The number of carboxylic acid groups (broad SMARTS) is 1. The second-order valence-corrected chi connectivity index (χ2v) is 10.8. The van der Waals surface area contributed by atoms with Crippen LogP contribution in [0.1, 0.15) is 49.3 Å². The largest absolute Gasteiger partial charge is 0.479 e. The number of amides is 1. The van der Waals surface area contributed by atoms with E-state index < -0.39 is 23.1 Å². The molecule has 0 saturated carbocycles. The van der Waals surface area contributed by atoms with Crippen LogP contribution in [0.5, 0.6) is 5.75 Å². The van der Waals surface area contributed by atoms with Crippen molar-refractivity contribution in [3.05, 3.63) is 102 Å². The molecule has 4 rings (SSSR count). The van der Waals surface area contributed by atoms with Crippen LogP contribution in [0.4, 0.5) is 0 Å². The van der Waals surface area contributed by atoms with Crippen LogP contribution in [-0.2, 0) is 20.6 Å². The molecule has 1 amide bonds. The third-order valence-electron chi connectivity index (χ3n) is 8.09. The van der Waals surface area contributed by atoms with Crippen molar-refractivity contribution in [3.8, 4) is 5.75 Å². The van der Waals surface area contributed by atoms with E-state index in [1.54, 1.807) is 38.1 Å². The van der Waals surface area contributed by atoms with E-state index in [0.29, 0.717) is 56.6 Å². The molecule has 1 aliphatic rings. The second-order valence-electron chi connectivity index (χ2n) is 10.8. The number of nitrogens with zero attached hydrogens (tertiary/aromatic N) is 2. The number of piperidine rings is 1. The topological polar surface area (TPSA) is 90.3 Å². The van der Waals surface area contributed by atoms with Gasteiger partial charge in [-0.1, -0.05) is 85.8 Å². The van der Waals surface area contributed by atoms with E-state index in [1.807, 2.05) is 72.8 Å². The van der Waals surface area contributed by atoms with E-state index in [0.717, 1.165) is 11.1 Å². The van der Waals surface area contributed by atoms with Crippen molar-refractivity contribution >= 4 is 11.9 Å². The highest BCUT2D eigenvalue weighted by Crippen LogP contribution is 2.41. The fraction of sp³-hybridized carbons (Fsp3) is 0.394. The molecule has 1 saturated heterocycles. The van der Waals surface area contributed by atoms with Gasteiger partial charge in [0.25, 0.3) is 0 Å². The van der Waals surface area contributed by atoms with Crippen LogP contribution in [0.2, 0.25) is 0 Å². The van der Waals surface area contributed by atoms with E-state index in [9.17, 15) is 19.8 Å². The second kappa shape index (κ2) is 12.7. The monoisotopic (exact) mass is 544 g/mol. The maximum absolute atomic E-state index is 13.9. The van der Waals surface area contributed by atoms with Gasteiger partial charge in [0, 0.05) is 32.7 Å². The summed E-state index contributed by atoms with van der Waals surface area (Å²) < 4.78 is 5.83. The average molecular weight is 545 g/mol. The van der Waals surface area contributed by atoms with E-state index in [-0.39, 0.29) is 5.91 Å². The van der Waals surface area contributed by atoms with E-state index >= 15 is 0 Å². The van der Waals surface area contributed by atoms with Crippen molar-refractivity contribution < 1.29 is 24.5 Å². The average Bonchev–Trinajstić information content (AvgIpc) is 2.98. The third-order valence-corrected chi connectivity index (χ3v) is 8.09. The molecule has 1 aliphatic heterocycles. The van der Waals surface area contributed by atoms with Gasteiger partial charge in [0.15, 0.2) is 6.10 Å². The summed E-state index contributed by atoms with van der Waals surface area (Å²) in [5.41, 5.74) is 0.581. The number of carbonyl (C=O) groups excluding carboxylic acids is 1. The first-order valence-electron chi connectivity index (χ1n) is 14.0. The fourth-order valence-electron chi connectivity index (χ4n) is 5.79. The quantitative estimate of drug-likeness (QED) is 0.365. The van der Waals surface area contributed by atoms with Crippen LogP contribution in [0, 0.1) is 0 Å². The summed E-state index contributed by atoms with van der Waals surface area (Å²) in [6.45, 7) is 3.71. The van der Waals surface area contributed by atoms with E-state index in [1.165, 1.54) is 0 Å².